The monoisotopic (exact) mass is 309 g/mol. The van der Waals surface area contributed by atoms with Crippen LogP contribution in [0.2, 0.25) is 0 Å². The third-order valence-electron chi connectivity index (χ3n) is 4.01. The second kappa shape index (κ2) is 7.63. The number of aliphatic imine (C=N–C) groups is 1. The predicted octanol–water partition coefficient (Wildman–Crippen LogP) is 1.56. The Morgan fingerprint density at radius 1 is 1.41 bits per heavy atom. The molecule has 0 aliphatic heterocycles. The molecule has 0 saturated heterocycles. The molecule has 0 aliphatic rings. The molecule has 0 spiro atoms. The number of guanidine groups is 1. The van der Waals surface area contributed by atoms with Crippen molar-refractivity contribution in [1.82, 2.24) is 20.4 Å². The number of aromatic nitrogens is 2. The molecule has 1 atom stereocenters. The van der Waals surface area contributed by atoms with Crippen LogP contribution in [0.4, 0.5) is 0 Å². The number of nitrogens with zero attached hydrogens (tertiary/aromatic N) is 3. The quantitative estimate of drug-likeness (QED) is 0.618. The molecule has 2 N–H and O–H groups in total. The lowest BCUT2D eigenvalue weighted by Crippen LogP contribution is -2.48. The molecule has 1 heterocycles. The highest BCUT2D eigenvalue weighted by Gasteiger charge is 2.18. The lowest BCUT2D eigenvalue weighted by atomic mass is 10.1. The Balaban J connectivity index is 2.61. The zero-order valence-electron chi connectivity index (χ0n) is 15.2. The van der Waals surface area contributed by atoms with Gasteiger partial charge in [0.05, 0.1) is 11.3 Å². The van der Waals surface area contributed by atoms with E-state index in [2.05, 4.69) is 41.5 Å². The Bertz CT molecular complexity index is 519. The highest BCUT2D eigenvalue weighted by molar-refractivity contribution is 5.80. The molecule has 0 aromatic carbocycles. The van der Waals surface area contributed by atoms with E-state index in [0.29, 0.717) is 6.54 Å². The maximum absolute atomic E-state index is 5.41. The van der Waals surface area contributed by atoms with Crippen molar-refractivity contribution in [3.05, 3.63) is 17.0 Å². The minimum Gasteiger partial charge on any atom is -0.377 e. The van der Waals surface area contributed by atoms with E-state index in [0.717, 1.165) is 18.1 Å². The summed E-state index contributed by atoms with van der Waals surface area (Å²) < 4.78 is 7.35. The second-order valence-corrected chi connectivity index (χ2v) is 6.41. The van der Waals surface area contributed by atoms with Gasteiger partial charge in [0.15, 0.2) is 5.96 Å². The number of hydrogen-bond donors (Lipinski definition) is 2. The van der Waals surface area contributed by atoms with Crippen LogP contribution in [0.3, 0.4) is 0 Å². The van der Waals surface area contributed by atoms with E-state index in [1.807, 2.05) is 25.6 Å². The van der Waals surface area contributed by atoms with Gasteiger partial charge in [0.1, 0.15) is 0 Å². The minimum atomic E-state index is -0.225. The van der Waals surface area contributed by atoms with Gasteiger partial charge < -0.3 is 15.4 Å². The van der Waals surface area contributed by atoms with Gasteiger partial charge in [-0.25, -0.2) is 0 Å². The third kappa shape index (κ3) is 5.02. The Morgan fingerprint density at radius 2 is 2.05 bits per heavy atom. The second-order valence-electron chi connectivity index (χ2n) is 6.41. The van der Waals surface area contributed by atoms with Gasteiger partial charge in [0, 0.05) is 39.5 Å². The Kier molecular flexibility index (Phi) is 6.41. The summed E-state index contributed by atoms with van der Waals surface area (Å²) in [5.41, 5.74) is 3.39. The fraction of sp³-hybridized carbons (Fsp3) is 0.750. The Hall–Kier alpha value is -1.56. The van der Waals surface area contributed by atoms with Crippen molar-refractivity contribution in [2.24, 2.45) is 12.0 Å². The molecule has 1 unspecified atom stereocenters. The van der Waals surface area contributed by atoms with E-state index in [9.17, 15) is 0 Å². The van der Waals surface area contributed by atoms with Gasteiger partial charge >= 0.3 is 0 Å². The average Bonchev–Trinajstić information content (AvgIpc) is 2.70. The largest absolute Gasteiger partial charge is 0.377 e. The molecule has 126 valence electrons. The van der Waals surface area contributed by atoms with Crippen molar-refractivity contribution in [2.45, 2.75) is 52.7 Å². The summed E-state index contributed by atoms with van der Waals surface area (Å²) in [5, 5.41) is 11.2. The summed E-state index contributed by atoms with van der Waals surface area (Å²) in [6.45, 7) is 11.1. The zero-order chi connectivity index (χ0) is 16.9. The molecule has 0 bridgehead atoms. The topological polar surface area (TPSA) is 63.5 Å². The van der Waals surface area contributed by atoms with Gasteiger partial charge in [-0.2, -0.15) is 5.10 Å². The summed E-state index contributed by atoms with van der Waals surface area (Å²) in [7, 11) is 5.48. The predicted molar refractivity (Wildman–Crippen MR) is 91.4 cm³/mol. The van der Waals surface area contributed by atoms with E-state index in [1.54, 1.807) is 14.2 Å². The van der Waals surface area contributed by atoms with Crippen LogP contribution >= 0.6 is 0 Å². The summed E-state index contributed by atoms with van der Waals surface area (Å²) in [4.78, 5) is 4.28. The highest BCUT2D eigenvalue weighted by Crippen LogP contribution is 2.14. The molecule has 0 saturated carbocycles. The zero-order valence-corrected chi connectivity index (χ0v) is 15.2. The van der Waals surface area contributed by atoms with E-state index < -0.39 is 0 Å². The molecule has 6 heteroatoms. The van der Waals surface area contributed by atoms with Gasteiger partial charge in [-0.3, -0.25) is 9.67 Å². The summed E-state index contributed by atoms with van der Waals surface area (Å²) in [6.07, 6.45) is 0.917. The van der Waals surface area contributed by atoms with Crippen molar-refractivity contribution in [3.8, 4) is 0 Å². The summed E-state index contributed by atoms with van der Waals surface area (Å²) >= 11 is 0. The number of aryl methyl sites for hydroxylation is 2. The average molecular weight is 309 g/mol. The molecule has 1 rings (SSSR count). The first-order valence-corrected chi connectivity index (χ1v) is 7.71. The molecule has 22 heavy (non-hydrogen) atoms. The number of rotatable bonds is 6. The van der Waals surface area contributed by atoms with Crippen LogP contribution in [0.5, 0.6) is 0 Å². The van der Waals surface area contributed by atoms with Crippen molar-refractivity contribution >= 4 is 5.96 Å². The SMILES string of the molecule is CN=C(NCC(C)(C)OC)NC(C)Cc1c(C)nn(C)c1C. The maximum atomic E-state index is 5.41. The molecule has 0 amide bonds. The number of nitrogens with one attached hydrogen (secondary N) is 2. The normalized spacial score (nSPS) is 14.1. The smallest absolute Gasteiger partial charge is 0.191 e. The van der Waals surface area contributed by atoms with Gasteiger partial charge in [-0.15, -0.1) is 0 Å². The number of hydrogen-bond acceptors (Lipinski definition) is 3. The maximum Gasteiger partial charge on any atom is 0.191 e. The number of methoxy groups -OCH3 is 1. The standard InChI is InChI=1S/C16H31N5O/c1-11(9-14-12(2)20-21(7)13(14)3)19-15(17-6)18-10-16(4,5)22-8/h11H,9-10H2,1-8H3,(H2,17,18,19). The van der Waals surface area contributed by atoms with E-state index in [1.165, 1.54) is 11.3 Å². The van der Waals surface area contributed by atoms with Crippen molar-refractivity contribution in [2.75, 3.05) is 20.7 Å². The fourth-order valence-corrected chi connectivity index (χ4v) is 2.27. The molecular formula is C16H31N5O. The van der Waals surface area contributed by atoms with Gasteiger partial charge in [-0.05, 0) is 46.6 Å². The fourth-order valence-electron chi connectivity index (χ4n) is 2.27. The molecular weight excluding hydrogens is 278 g/mol. The molecule has 1 aromatic rings. The first-order valence-electron chi connectivity index (χ1n) is 7.71. The minimum absolute atomic E-state index is 0.225. The van der Waals surface area contributed by atoms with Gasteiger partial charge in [0.25, 0.3) is 0 Å². The van der Waals surface area contributed by atoms with E-state index in [4.69, 9.17) is 4.74 Å². The van der Waals surface area contributed by atoms with Crippen LogP contribution in [0, 0.1) is 13.8 Å². The van der Waals surface area contributed by atoms with Gasteiger partial charge in [-0.1, -0.05) is 0 Å². The molecule has 1 aromatic heterocycles. The lowest BCUT2D eigenvalue weighted by Gasteiger charge is -2.25. The van der Waals surface area contributed by atoms with Crippen LogP contribution in [0.25, 0.3) is 0 Å². The van der Waals surface area contributed by atoms with Crippen molar-refractivity contribution < 1.29 is 4.74 Å². The first kappa shape index (κ1) is 18.5. The van der Waals surface area contributed by atoms with Crippen LogP contribution in [-0.2, 0) is 18.2 Å². The van der Waals surface area contributed by atoms with E-state index in [-0.39, 0.29) is 11.6 Å². The number of ether oxygens (including phenoxy) is 1. The van der Waals surface area contributed by atoms with Crippen LogP contribution in [-0.4, -0.2) is 48.1 Å². The van der Waals surface area contributed by atoms with Crippen LogP contribution < -0.4 is 10.6 Å². The molecule has 0 radical (unpaired) electrons. The first-order chi connectivity index (χ1) is 10.2. The molecule has 6 nitrogen and oxygen atoms in total. The molecule has 0 aliphatic carbocycles. The highest BCUT2D eigenvalue weighted by atomic mass is 16.5. The lowest BCUT2D eigenvalue weighted by molar-refractivity contribution is 0.0268. The molecule has 0 fully saturated rings. The van der Waals surface area contributed by atoms with Crippen molar-refractivity contribution in [3.63, 3.8) is 0 Å². The van der Waals surface area contributed by atoms with Crippen LogP contribution in [0.1, 0.15) is 37.7 Å². The summed E-state index contributed by atoms with van der Waals surface area (Å²) in [5.74, 6) is 0.789. The van der Waals surface area contributed by atoms with E-state index >= 15 is 0 Å². The Morgan fingerprint density at radius 3 is 2.50 bits per heavy atom. The Labute approximate surface area is 134 Å². The third-order valence-corrected chi connectivity index (χ3v) is 4.01. The summed E-state index contributed by atoms with van der Waals surface area (Å²) in [6, 6.07) is 0.262. The van der Waals surface area contributed by atoms with Crippen LogP contribution in [0.15, 0.2) is 4.99 Å². The van der Waals surface area contributed by atoms with Gasteiger partial charge in [0.2, 0.25) is 0 Å². The van der Waals surface area contributed by atoms with Crippen molar-refractivity contribution in [1.29, 1.82) is 0 Å².